The zero-order valence-corrected chi connectivity index (χ0v) is 60.7. The van der Waals surface area contributed by atoms with Crippen molar-refractivity contribution in [1.29, 1.82) is 0 Å². The van der Waals surface area contributed by atoms with Crippen LogP contribution in [0, 0.1) is 0 Å². The fourth-order valence-electron chi connectivity index (χ4n) is 2.66. The second kappa shape index (κ2) is 65.0. The number of hydrogen-bond acceptors (Lipinski definition) is 26. The van der Waals surface area contributed by atoms with Crippen LogP contribution in [0.1, 0.15) is 160 Å². The Bertz CT molecular complexity index is 1050. The molecule has 0 atom stereocenters. The van der Waals surface area contributed by atoms with Crippen molar-refractivity contribution in [1.82, 2.24) is 0 Å². The van der Waals surface area contributed by atoms with Gasteiger partial charge in [-0.15, -0.1) is 0 Å². The molecule has 0 saturated heterocycles. The van der Waals surface area contributed by atoms with Gasteiger partial charge >= 0.3 is 21.1 Å². The van der Waals surface area contributed by atoms with E-state index < -0.39 is 34.2 Å². The van der Waals surface area contributed by atoms with Gasteiger partial charge in [-0.25, -0.2) is 0 Å². The summed E-state index contributed by atoms with van der Waals surface area (Å²) in [5.74, 6) is 0. The molecule has 0 radical (unpaired) electrons. The zero-order valence-electron chi connectivity index (χ0n) is 42.7. The van der Waals surface area contributed by atoms with Gasteiger partial charge in [0.05, 0.1) is 113 Å². The van der Waals surface area contributed by atoms with Gasteiger partial charge in [0.25, 0.3) is 0 Å². The van der Waals surface area contributed by atoms with E-state index in [1.165, 1.54) is 0 Å². The van der Waals surface area contributed by atoms with Crippen LogP contribution in [0.15, 0.2) is 0 Å². The summed E-state index contributed by atoms with van der Waals surface area (Å²) in [4.78, 5) is 0. The fourth-order valence-corrected chi connectivity index (χ4v) is 13.3. The van der Waals surface area contributed by atoms with E-state index in [9.17, 15) is 0 Å². The predicted octanol–water partition coefficient (Wildman–Crippen LogP) is 15.3. The summed E-state index contributed by atoms with van der Waals surface area (Å²) < 4.78 is 70.2. The summed E-state index contributed by atoms with van der Waals surface area (Å²) in [7, 11) is 0. The maximum absolute atomic E-state index is 7.83. The number of hydrogen-bond donors (Lipinski definition) is 0. The van der Waals surface area contributed by atoms with Gasteiger partial charge in [-0.1, -0.05) is 154 Å². The molecule has 0 unspecified atom stereocenters. The maximum atomic E-state index is 7.83. The molecule has 0 amide bonds. The molecule has 0 saturated carbocycles. The van der Waals surface area contributed by atoms with Crippen LogP contribution in [-0.4, -0.2) is 83.5 Å². The number of rotatable bonds is 36. The molecule has 0 heterocycles. The average molecular weight is 1420 g/mol. The molecule has 0 spiro atoms. The van der Waals surface area contributed by atoms with Crippen LogP contribution in [-0.2, 0) is 232 Å². The third-order valence-corrected chi connectivity index (χ3v) is 19.0. The van der Waals surface area contributed by atoms with Gasteiger partial charge in [0.1, 0.15) is 0 Å². The first-order valence-corrected chi connectivity index (χ1v) is 44.7. The Balaban J connectivity index is -0.000000107. The van der Waals surface area contributed by atoms with Crippen LogP contribution in [0.4, 0.5) is 0 Å². The molecule has 0 aliphatic carbocycles. The van der Waals surface area contributed by atoms with Crippen LogP contribution >= 0.6 is 34.2 Å². The van der Waals surface area contributed by atoms with Crippen LogP contribution in [0.2, 0.25) is 0 Å². The largest absolute Gasteiger partial charge is 6.00 e. The summed E-state index contributed by atoms with van der Waals surface area (Å²) in [6, 6.07) is 0. The predicted molar refractivity (Wildman–Crippen MR) is 333 cm³/mol. The summed E-state index contributed by atoms with van der Waals surface area (Å²) in [6.45, 7) is 31.6. The fraction of sp³-hybridized carbons (Fsp3) is 1.00. The van der Waals surface area contributed by atoms with Crippen molar-refractivity contribution in [3.63, 3.8) is 0 Å². The maximum Gasteiger partial charge on any atom is 6.00 e. The first-order valence-electron chi connectivity index (χ1n) is 22.5. The molecule has 0 bridgehead atoms. The minimum atomic E-state index is -2.31. The molecule has 0 N–H and O–H groups in total. The van der Waals surface area contributed by atoms with E-state index in [2.05, 4.69) is 12.5 Å². The second-order valence-electron chi connectivity index (χ2n) is 12.7. The average Bonchev–Trinajstić information content (AvgIpc) is 3.30. The molecule has 0 aliphatic rings. The molecule has 0 rings (SSSR count). The molecular weight excluding hydrogens is 1340 g/mol. The van der Waals surface area contributed by atoms with Gasteiger partial charge in [0.15, 0.2) is 12.5 Å². The molecular formula is C36H84MoO13P6S13. The zero-order chi connectivity index (χ0) is 54.5. The molecule has 0 aromatic rings. The summed E-state index contributed by atoms with van der Waals surface area (Å²) in [5, 5.41) is 0. The van der Waals surface area contributed by atoms with Gasteiger partial charge in [0, 0.05) is 0 Å². The molecule has 420 valence electrons. The van der Waals surface area contributed by atoms with E-state index in [-0.39, 0.29) is 21.1 Å². The van der Waals surface area contributed by atoms with E-state index in [1.807, 2.05) is 83.1 Å². The molecule has 13 nitrogen and oxygen atoms in total. The van der Waals surface area contributed by atoms with Crippen LogP contribution in [0.25, 0.3) is 0 Å². The molecule has 33 heteroatoms. The van der Waals surface area contributed by atoms with Gasteiger partial charge in [0.2, 0.25) is 0 Å². The standard InChI is InChI=1S/6C6H15O2PS2.Mo.OS/c6*1-3-5-7-9(10,11)8-6-4-2;;1-2/h6*3-6H2,1-2H3,(H,10,11);;/q;;;;;;+6;/p-6. The Hall–Kier alpha value is 6.23. The summed E-state index contributed by atoms with van der Waals surface area (Å²) >= 11 is 62.3. The van der Waals surface area contributed by atoms with Crippen molar-refractivity contribution in [3.05, 3.63) is 0 Å². The van der Waals surface area contributed by atoms with Crippen molar-refractivity contribution < 1.29 is 79.6 Å². The summed E-state index contributed by atoms with van der Waals surface area (Å²) in [6.07, 6.45) is 11.2. The SMILES string of the molecule is CCCOP(=S)([S-])OCCC.CCCOP(=S)([S-])OCCC.CCCOP(=S)([S-])OCCC.CCCOP(=S)([S-])OCCC.CCCOP(=S)([S-])OCCC.CCCOP(=S)([S-])OCCC.O=S.[Mo+6]. The Morgan fingerprint density at radius 2 is 0.290 bits per heavy atom. The van der Waals surface area contributed by atoms with Crippen LogP contribution < -0.4 is 0 Å². The molecule has 0 aromatic carbocycles. The monoisotopic (exact) mass is 1420 g/mol. The first-order chi connectivity index (χ1) is 31.7. The minimum absolute atomic E-state index is 0. The third-order valence-electron chi connectivity index (χ3n) is 5.44. The van der Waals surface area contributed by atoms with Gasteiger partial charge in [-0.05, 0) is 77.0 Å². The van der Waals surface area contributed by atoms with Crippen molar-refractivity contribution in [3.8, 4) is 0 Å². The molecule has 0 fully saturated rings. The van der Waals surface area contributed by atoms with Crippen molar-refractivity contribution in [2.45, 2.75) is 160 Å². The van der Waals surface area contributed by atoms with E-state index in [0.717, 1.165) is 77.0 Å². The Kier molecular flexibility index (Phi) is 86.5. The topological polar surface area (TPSA) is 128 Å². The van der Waals surface area contributed by atoms with E-state index in [1.54, 1.807) is 0 Å². The van der Waals surface area contributed by atoms with E-state index in [0.29, 0.717) is 79.3 Å². The van der Waals surface area contributed by atoms with Crippen molar-refractivity contribution in [2.75, 3.05) is 79.3 Å². The Morgan fingerprint density at radius 3 is 0.333 bits per heavy atom. The van der Waals surface area contributed by atoms with Crippen molar-refractivity contribution >= 4 is 191 Å². The van der Waals surface area contributed by atoms with E-state index >= 15 is 0 Å². The minimum Gasteiger partial charge on any atom is -0.691 e. The smallest absolute Gasteiger partial charge is 0.691 e. The Morgan fingerprint density at radius 1 is 0.232 bits per heavy atom. The second-order valence-corrected chi connectivity index (χ2v) is 42.6. The molecule has 0 aliphatic heterocycles. The van der Waals surface area contributed by atoms with Crippen molar-refractivity contribution in [2.24, 2.45) is 0 Å². The van der Waals surface area contributed by atoms with Gasteiger partial charge in [-0.3, -0.25) is 0 Å². The quantitative estimate of drug-likeness (QED) is 0.0335. The van der Waals surface area contributed by atoms with Crippen LogP contribution in [0.5, 0.6) is 0 Å². The molecule has 0 aromatic heterocycles. The summed E-state index contributed by atoms with van der Waals surface area (Å²) in [5.41, 5.74) is -13.9. The molecule has 69 heavy (non-hydrogen) atoms. The normalized spacial score (nSPS) is 11.4. The Labute approximate surface area is 504 Å². The van der Waals surface area contributed by atoms with Gasteiger partial charge < -0.3 is 128 Å². The van der Waals surface area contributed by atoms with E-state index in [4.69, 9.17) is 203 Å². The van der Waals surface area contributed by atoms with Gasteiger partial charge in [-0.2, -0.15) is 4.21 Å². The third kappa shape index (κ3) is 88.3. The van der Waals surface area contributed by atoms with Crippen LogP contribution in [0.3, 0.4) is 0 Å². The first kappa shape index (κ1) is 91.7.